The monoisotopic (exact) mass is 401 g/mol. The van der Waals surface area contributed by atoms with Crippen molar-refractivity contribution in [3.8, 4) is 22.2 Å². The van der Waals surface area contributed by atoms with Gasteiger partial charge in [-0.2, -0.15) is 4.98 Å². The summed E-state index contributed by atoms with van der Waals surface area (Å²) < 4.78 is 16.3. The van der Waals surface area contributed by atoms with Crippen LogP contribution in [0.4, 0.5) is 5.69 Å². The van der Waals surface area contributed by atoms with E-state index in [-0.39, 0.29) is 12.3 Å². The number of methoxy groups -OCH3 is 1. The second-order valence-corrected chi connectivity index (χ2v) is 7.05. The number of nitrogens with zero attached hydrogens (tertiary/aromatic N) is 2. The highest BCUT2D eigenvalue weighted by atomic mass is 32.1. The Morgan fingerprint density at radius 1 is 1.32 bits per heavy atom. The van der Waals surface area contributed by atoms with E-state index in [1.54, 1.807) is 19.2 Å². The van der Waals surface area contributed by atoms with Crippen LogP contribution < -0.4 is 14.8 Å². The summed E-state index contributed by atoms with van der Waals surface area (Å²) in [5, 5.41) is 8.79. The minimum Gasteiger partial charge on any atom is -0.497 e. The molecule has 7 nitrogen and oxygen atoms in total. The second kappa shape index (κ2) is 9.89. The fourth-order valence-electron chi connectivity index (χ4n) is 2.48. The zero-order valence-electron chi connectivity index (χ0n) is 15.9. The molecule has 0 unspecified atom stereocenters. The summed E-state index contributed by atoms with van der Waals surface area (Å²) in [6.07, 6.45) is 2.57. The standard InChI is InChI=1S/C20H23N3O4S/c1-3-4-11-26-16-8-7-14(25-2)13-15(16)21-18(24)9-10-19-22-20(23-27-19)17-6-5-12-28-17/h5-8,12-13H,3-4,9-11H2,1-2H3,(H,21,24). The van der Waals surface area contributed by atoms with E-state index in [9.17, 15) is 4.79 Å². The number of thiophene rings is 1. The van der Waals surface area contributed by atoms with Crippen LogP contribution >= 0.6 is 11.3 Å². The molecule has 3 rings (SSSR count). The molecule has 28 heavy (non-hydrogen) atoms. The van der Waals surface area contributed by atoms with Gasteiger partial charge in [-0.3, -0.25) is 4.79 Å². The Morgan fingerprint density at radius 2 is 2.21 bits per heavy atom. The number of carbonyl (C=O) groups is 1. The van der Waals surface area contributed by atoms with Gasteiger partial charge in [0.1, 0.15) is 11.5 Å². The van der Waals surface area contributed by atoms with Crippen LogP contribution in [-0.2, 0) is 11.2 Å². The van der Waals surface area contributed by atoms with Gasteiger partial charge in [0, 0.05) is 18.9 Å². The maximum atomic E-state index is 12.4. The van der Waals surface area contributed by atoms with E-state index in [1.165, 1.54) is 11.3 Å². The van der Waals surface area contributed by atoms with Crippen LogP contribution in [0.3, 0.4) is 0 Å². The highest BCUT2D eigenvalue weighted by molar-refractivity contribution is 7.13. The quantitative estimate of drug-likeness (QED) is 0.501. The lowest BCUT2D eigenvalue weighted by atomic mass is 10.2. The number of nitrogens with one attached hydrogen (secondary N) is 1. The maximum absolute atomic E-state index is 12.4. The zero-order valence-corrected chi connectivity index (χ0v) is 16.8. The van der Waals surface area contributed by atoms with E-state index in [0.29, 0.717) is 41.9 Å². The van der Waals surface area contributed by atoms with Crippen molar-refractivity contribution < 1.29 is 18.8 Å². The Bertz CT molecular complexity index is 893. The van der Waals surface area contributed by atoms with Gasteiger partial charge in [0.05, 0.1) is 24.3 Å². The SMILES string of the molecule is CCCCOc1ccc(OC)cc1NC(=O)CCc1nc(-c2cccs2)no1. The van der Waals surface area contributed by atoms with Crippen LogP contribution in [0.15, 0.2) is 40.2 Å². The highest BCUT2D eigenvalue weighted by Gasteiger charge is 2.13. The predicted octanol–water partition coefficient (Wildman–Crippen LogP) is 4.56. The molecule has 0 bridgehead atoms. The minimum atomic E-state index is -0.163. The summed E-state index contributed by atoms with van der Waals surface area (Å²) in [6, 6.07) is 9.21. The summed E-state index contributed by atoms with van der Waals surface area (Å²) in [5.74, 6) is 2.09. The number of benzene rings is 1. The molecule has 0 aliphatic carbocycles. The summed E-state index contributed by atoms with van der Waals surface area (Å²) in [7, 11) is 1.58. The molecule has 2 heterocycles. The Labute approximate surface area is 167 Å². The van der Waals surface area contributed by atoms with Gasteiger partial charge in [-0.05, 0) is 30.0 Å². The number of anilines is 1. The van der Waals surface area contributed by atoms with Crippen LogP contribution in [0.1, 0.15) is 32.1 Å². The number of hydrogen-bond donors (Lipinski definition) is 1. The van der Waals surface area contributed by atoms with Crippen molar-refractivity contribution in [2.75, 3.05) is 19.0 Å². The molecule has 0 atom stereocenters. The Morgan fingerprint density at radius 3 is 2.96 bits per heavy atom. The lowest BCUT2D eigenvalue weighted by molar-refractivity contribution is -0.116. The van der Waals surface area contributed by atoms with Gasteiger partial charge in [0.2, 0.25) is 17.6 Å². The third-order valence-corrected chi connectivity index (χ3v) is 4.86. The first kappa shape index (κ1) is 19.9. The van der Waals surface area contributed by atoms with Crippen molar-refractivity contribution in [3.05, 3.63) is 41.6 Å². The van der Waals surface area contributed by atoms with Crippen molar-refractivity contribution >= 4 is 22.9 Å². The third kappa shape index (κ3) is 5.32. The van der Waals surface area contributed by atoms with Gasteiger partial charge >= 0.3 is 0 Å². The molecular weight excluding hydrogens is 378 g/mol. The topological polar surface area (TPSA) is 86.5 Å². The average Bonchev–Trinajstić information content (AvgIpc) is 3.39. The molecule has 0 aliphatic rings. The van der Waals surface area contributed by atoms with Crippen molar-refractivity contribution in [2.24, 2.45) is 0 Å². The van der Waals surface area contributed by atoms with E-state index in [1.807, 2.05) is 23.6 Å². The molecule has 0 spiro atoms. The van der Waals surface area contributed by atoms with Crippen molar-refractivity contribution in [1.82, 2.24) is 10.1 Å². The number of ether oxygens (including phenoxy) is 2. The molecule has 0 aliphatic heterocycles. The van der Waals surface area contributed by atoms with E-state index < -0.39 is 0 Å². The number of unbranched alkanes of at least 4 members (excludes halogenated alkanes) is 1. The van der Waals surface area contributed by atoms with E-state index in [0.717, 1.165) is 17.7 Å². The predicted molar refractivity (Wildman–Crippen MR) is 108 cm³/mol. The van der Waals surface area contributed by atoms with Crippen molar-refractivity contribution in [3.63, 3.8) is 0 Å². The average molecular weight is 401 g/mol. The zero-order chi connectivity index (χ0) is 19.8. The molecule has 1 aromatic carbocycles. The number of aryl methyl sites for hydroxylation is 1. The molecule has 148 valence electrons. The number of rotatable bonds is 10. The second-order valence-electron chi connectivity index (χ2n) is 6.10. The smallest absolute Gasteiger partial charge is 0.227 e. The fraction of sp³-hybridized carbons (Fsp3) is 0.350. The first-order valence-electron chi connectivity index (χ1n) is 9.16. The number of hydrogen-bond acceptors (Lipinski definition) is 7. The van der Waals surface area contributed by atoms with E-state index in [4.69, 9.17) is 14.0 Å². The van der Waals surface area contributed by atoms with Gasteiger partial charge in [-0.1, -0.05) is 24.6 Å². The van der Waals surface area contributed by atoms with Crippen LogP contribution in [0, 0.1) is 0 Å². The first-order chi connectivity index (χ1) is 13.7. The number of aromatic nitrogens is 2. The van der Waals surface area contributed by atoms with Crippen LogP contribution in [0.2, 0.25) is 0 Å². The summed E-state index contributed by atoms with van der Waals surface area (Å²) in [5.41, 5.74) is 0.588. The molecule has 0 radical (unpaired) electrons. The molecule has 0 saturated heterocycles. The molecule has 1 N–H and O–H groups in total. The van der Waals surface area contributed by atoms with E-state index in [2.05, 4.69) is 22.4 Å². The van der Waals surface area contributed by atoms with Crippen molar-refractivity contribution in [1.29, 1.82) is 0 Å². The fourth-order valence-corrected chi connectivity index (χ4v) is 3.13. The molecular formula is C20H23N3O4S. The molecule has 0 fully saturated rings. The van der Waals surface area contributed by atoms with E-state index >= 15 is 0 Å². The summed E-state index contributed by atoms with van der Waals surface area (Å²) in [6.45, 7) is 2.70. The molecule has 2 aromatic heterocycles. The number of amides is 1. The highest BCUT2D eigenvalue weighted by Crippen LogP contribution is 2.29. The van der Waals surface area contributed by atoms with Crippen molar-refractivity contribution in [2.45, 2.75) is 32.6 Å². The molecule has 0 saturated carbocycles. The maximum Gasteiger partial charge on any atom is 0.227 e. The van der Waals surface area contributed by atoms with Gasteiger partial charge in [-0.15, -0.1) is 11.3 Å². The van der Waals surface area contributed by atoms with Crippen LogP contribution in [0.25, 0.3) is 10.7 Å². The number of carbonyl (C=O) groups excluding carboxylic acids is 1. The van der Waals surface area contributed by atoms with Gasteiger partial charge in [0.25, 0.3) is 0 Å². The Kier molecular flexibility index (Phi) is 7.02. The summed E-state index contributed by atoms with van der Waals surface area (Å²) >= 11 is 1.54. The van der Waals surface area contributed by atoms with Crippen LogP contribution in [-0.4, -0.2) is 29.8 Å². The normalized spacial score (nSPS) is 10.6. The molecule has 3 aromatic rings. The largest absolute Gasteiger partial charge is 0.497 e. The van der Waals surface area contributed by atoms with Gasteiger partial charge < -0.3 is 19.3 Å². The van der Waals surface area contributed by atoms with Gasteiger partial charge in [-0.25, -0.2) is 0 Å². The summed E-state index contributed by atoms with van der Waals surface area (Å²) in [4.78, 5) is 17.7. The lowest BCUT2D eigenvalue weighted by Gasteiger charge is -2.13. The van der Waals surface area contributed by atoms with Crippen LogP contribution in [0.5, 0.6) is 11.5 Å². The Balaban J connectivity index is 1.59. The molecule has 8 heteroatoms. The lowest BCUT2D eigenvalue weighted by Crippen LogP contribution is -2.14. The minimum absolute atomic E-state index is 0.163. The third-order valence-electron chi connectivity index (χ3n) is 3.99. The molecule has 1 amide bonds. The first-order valence-corrected chi connectivity index (χ1v) is 10.0. The van der Waals surface area contributed by atoms with Gasteiger partial charge in [0.15, 0.2) is 0 Å². The Hall–Kier alpha value is -2.87.